The molecule has 1 saturated carbocycles. The van der Waals surface area contributed by atoms with Crippen LogP contribution < -0.4 is 0 Å². The lowest BCUT2D eigenvalue weighted by Crippen LogP contribution is -2.01. The predicted octanol–water partition coefficient (Wildman–Crippen LogP) is 2.40. The molecular formula is C10H12O. The van der Waals surface area contributed by atoms with Gasteiger partial charge in [-0.05, 0) is 36.8 Å². The molecule has 0 radical (unpaired) electrons. The van der Waals surface area contributed by atoms with Crippen LogP contribution in [0.25, 0.3) is 0 Å². The molecule has 3 aliphatic rings. The molecule has 0 N–H and O–H groups in total. The Bertz CT molecular complexity index is 262. The molecule has 0 spiro atoms. The summed E-state index contributed by atoms with van der Waals surface area (Å²) in [5.41, 5.74) is 2.84. The van der Waals surface area contributed by atoms with Crippen molar-refractivity contribution >= 4 is 0 Å². The molecule has 0 saturated heterocycles. The highest BCUT2D eigenvalue weighted by Gasteiger charge is 2.50. The highest BCUT2D eigenvalue weighted by atomic mass is 16.5. The molecular weight excluding hydrogens is 136 g/mol. The number of hydrogen-bond acceptors (Lipinski definition) is 1. The summed E-state index contributed by atoms with van der Waals surface area (Å²) in [7, 11) is 0. The Morgan fingerprint density at radius 1 is 1.36 bits per heavy atom. The molecule has 2 unspecified atom stereocenters. The molecule has 2 aliphatic carbocycles. The van der Waals surface area contributed by atoms with Gasteiger partial charge < -0.3 is 4.74 Å². The van der Waals surface area contributed by atoms with E-state index >= 15 is 0 Å². The van der Waals surface area contributed by atoms with E-state index < -0.39 is 0 Å². The van der Waals surface area contributed by atoms with Crippen molar-refractivity contribution in [2.75, 3.05) is 0 Å². The van der Waals surface area contributed by atoms with Crippen molar-refractivity contribution < 1.29 is 4.74 Å². The predicted molar refractivity (Wildman–Crippen MR) is 43.0 cm³/mol. The first kappa shape index (κ1) is 5.87. The van der Waals surface area contributed by atoms with E-state index in [0.29, 0.717) is 6.10 Å². The molecule has 1 aliphatic heterocycles. The monoisotopic (exact) mass is 148 g/mol. The first-order valence-electron chi connectivity index (χ1n) is 4.44. The van der Waals surface area contributed by atoms with E-state index in [0.717, 1.165) is 12.3 Å². The quantitative estimate of drug-likeness (QED) is 0.512. The molecule has 1 nitrogen and oxygen atoms in total. The van der Waals surface area contributed by atoms with Crippen LogP contribution in [-0.4, -0.2) is 6.10 Å². The summed E-state index contributed by atoms with van der Waals surface area (Å²) in [5, 5.41) is 0. The zero-order chi connectivity index (χ0) is 7.42. The van der Waals surface area contributed by atoms with Gasteiger partial charge in [0, 0.05) is 5.92 Å². The largest absolute Gasteiger partial charge is 0.490 e. The van der Waals surface area contributed by atoms with Crippen molar-refractivity contribution in [3.8, 4) is 0 Å². The molecule has 1 heterocycles. The number of ether oxygens (including phenoxy) is 1. The Morgan fingerprint density at radius 3 is 3.09 bits per heavy atom. The van der Waals surface area contributed by atoms with E-state index in [2.05, 4.69) is 6.58 Å². The second-order valence-electron chi connectivity index (χ2n) is 3.81. The van der Waals surface area contributed by atoms with Crippen LogP contribution in [-0.2, 0) is 4.74 Å². The number of allylic oxidation sites excluding steroid dienone is 1. The molecule has 1 heteroatoms. The third-order valence-electron chi connectivity index (χ3n) is 2.99. The first-order chi connectivity index (χ1) is 5.36. The Morgan fingerprint density at radius 2 is 2.27 bits per heavy atom. The molecule has 2 atom stereocenters. The van der Waals surface area contributed by atoms with E-state index in [1.54, 1.807) is 5.57 Å². The van der Waals surface area contributed by atoms with Crippen molar-refractivity contribution in [1.29, 1.82) is 0 Å². The van der Waals surface area contributed by atoms with Crippen molar-refractivity contribution in [3.63, 3.8) is 0 Å². The van der Waals surface area contributed by atoms with Crippen molar-refractivity contribution in [2.24, 2.45) is 5.92 Å². The summed E-state index contributed by atoms with van der Waals surface area (Å²) in [6.45, 7) is 4.03. The second-order valence-corrected chi connectivity index (χ2v) is 3.81. The van der Waals surface area contributed by atoms with Crippen molar-refractivity contribution in [3.05, 3.63) is 23.5 Å². The fraction of sp³-hybridized carbons (Fsp3) is 0.600. The van der Waals surface area contributed by atoms with Gasteiger partial charge in [-0.3, -0.25) is 0 Å². The summed E-state index contributed by atoms with van der Waals surface area (Å²) in [5.74, 6) is 2.00. The van der Waals surface area contributed by atoms with Crippen LogP contribution in [0.15, 0.2) is 23.5 Å². The zero-order valence-electron chi connectivity index (χ0n) is 6.60. The van der Waals surface area contributed by atoms with Gasteiger partial charge in [-0.15, -0.1) is 0 Å². The van der Waals surface area contributed by atoms with Crippen LogP contribution in [0.4, 0.5) is 0 Å². The first-order valence-corrected chi connectivity index (χ1v) is 4.44. The molecule has 1 fully saturated rings. The maximum Gasteiger partial charge on any atom is 0.121 e. The molecule has 0 aromatic heterocycles. The van der Waals surface area contributed by atoms with E-state index in [1.165, 1.54) is 30.6 Å². The molecule has 0 aromatic carbocycles. The van der Waals surface area contributed by atoms with Gasteiger partial charge in [0.25, 0.3) is 0 Å². The van der Waals surface area contributed by atoms with Gasteiger partial charge >= 0.3 is 0 Å². The molecule has 0 amide bonds. The average molecular weight is 148 g/mol. The zero-order valence-corrected chi connectivity index (χ0v) is 6.60. The second kappa shape index (κ2) is 1.71. The number of fused-ring (bicyclic) bond motifs is 2. The van der Waals surface area contributed by atoms with Gasteiger partial charge in [-0.25, -0.2) is 0 Å². The number of hydrogen-bond donors (Lipinski definition) is 0. The fourth-order valence-corrected chi connectivity index (χ4v) is 2.28. The van der Waals surface area contributed by atoms with Crippen LogP contribution in [0.3, 0.4) is 0 Å². The van der Waals surface area contributed by atoms with Crippen LogP contribution in [0.2, 0.25) is 0 Å². The third-order valence-corrected chi connectivity index (χ3v) is 2.99. The Hall–Kier alpha value is -0.720. The standard InChI is InChI=1S/C10H12O/c1-6-3-2-4-7-8-5-9(8)11-10(6)7/h8-9H,1-5H2. The Balaban J connectivity index is 2.03. The third kappa shape index (κ3) is 0.661. The lowest BCUT2D eigenvalue weighted by atomic mass is 9.92. The molecule has 0 aromatic rings. The fourth-order valence-electron chi connectivity index (χ4n) is 2.28. The van der Waals surface area contributed by atoms with Gasteiger partial charge in [0.05, 0.1) is 0 Å². The Kier molecular flexibility index (Phi) is 0.913. The minimum atomic E-state index is 0.565. The van der Waals surface area contributed by atoms with Gasteiger partial charge in [-0.2, -0.15) is 0 Å². The van der Waals surface area contributed by atoms with Gasteiger partial charge in [0.1, 0.15) is 11.9 Å². The van der Waals surface area contributed by atoms with Crippen molar-refractivity contribution in [2.45, 2.75) is 31.8 Å². The van der Waals surface area contributed by atoms with Crippen LogP contribution in [0.5, 0.6) is 0 Å². The Labute approximate surface area is 66.7 Å². The SMILES string of the molecule is C=C1CCCC2=C1OC1CC21. The topological polar surface area (TPSA) is 9.23 Å². The summed E-state index contributed by atoms with van der Waals surface area (Å²) in [4.78, 5) is 0. The highest BCUT2D eigenvalue weighted by Crippen LogP contribution is 2.53. The average Bonchev–Trinajstić information content (AvgIpc) is 2.67. The van der Waals surface area contributed by atoms with Gasteiger partial charge in [-0.1, -0.05) is 6.58 Å². The lowest BCUT2D eigenvalue weighted by molar-refractivity contribution is 0.213. The van der Waals surface area contributed by atoms with E-state index in [4.69, 9.17) is 4.74 Å². The lowest BCUT2D eigenvalue weighted by Gasteiger charge is -2.17. The molecule has 11 heavy (non-hydrogen) atoms. The van der Waals surface area contributed by atoms with E-state index in [-0.39, 0.29) is 0 Å². The van der Waals surface area contributed by atoms with E-state index in [9.17, 15) is 0 Å². The summed E-state index contributed by atoms with van der Waals surface area (Å²) >= 11 is 0. The maximum atomic E-state index is 5.73. The van der Waals surface area contributed by atoms with Gasteiger partial charge in [0.2, 0.25) is 0 Å². The van der Waals surface area contributed by atoms with Gasteiger partial charge in [0.15, 0.2) is 0 Å². The minimum absolute atomic E-state index is 0.565. The van der Waals surface area contributed by atoms with Crippen molar-refractivity contribution in [1.82, 2.24) is 0 Å². The molecule has 0 bridgehead atoms. The van der Waals surface area contributed by atoms with E-state index in [1.807, 2.05) is 0 Å². The summed E-state index contributed by atoms with van der Waals surface area (Å²) in [6, 6.07) is 0. The van der Waals surface area contributed by atoms with Crippen LogP contribution in [0, 0.1) is 5.92 Å². The minimum Gasteiger partial charge on any atom is -0.490 e. The summed E-state index contributed by atoms with van der Waals surface area (Å²) in [6.07, 6.45) is 5.57. The highest BCUT2D eigenvalue weighted by molar-refractivity contribution is 5.40. The smallest absolute Gasteiger partial charge is 0.121 e. The summed E-state index contributed by atoms with van der Waals surface area (Å²) < 4.78 is 5.73. The van der Waals surface area contributed by atoms with Crippen LogP contribution >= 0.6 is 0 Å². The normalized spacial score (nSPS) is 39.8. The maximum absolute atomic E-state index is 5.73. The molecule has 58 valence electrons. The number of rotatable bonds is 0. The molecule has 3 rings (SSSR count). The van der Waals surface area contributed by atoms with Crippen LogP contribution in [0.1, 0.15) is 25.7 Å².